The Bertz CT molecular complexity index is 1680. The zero-order valence-corrected chi connectivity index (χ0v) is 19.2. The van der Waals surface area contributed by atoms with Crippen molar-refractivity contribution in [3.8, 4) is 0 Å². The van der Waals surface area contributed by atoms with Crippen LogP contribution in [0.25, 0.3) is 33.1 Å². The predicted octanol–water partition coefficient (Wildman–Crippen LogP) is 5.29. The molecule has 6 rings (SSSR count). The van der Waals surface area contributed by atoms with E-state index in [9.17, 15) is 10.1 Å². The van der Waals surface area contributed by atoms with Crippen LogP contribution in [0.2, 0.25) is 0 Å². The number of rotatable bonds is 6. The maximum Gasteiger partial charge on any atom is 0.312 e. The summed E-state index contributed by atoms with van der Waals surface area (Å²) in [5.41, 5.74) is 4.34. The summed E-state index contributed by atoms with van der Waals surface area (Å²) in [6.07, 6.45) is 0.833. The second-order valence-electron chi connectivity index (χ2n) is 7.57. The third-order valence-electron chi connectivity index (χ3n) is 5.57. The molecule has 34 heavy (non-hydrogen) atoms. The van der Waals surface area contributed by atoms with E-state index in [1.54, 1.807) is 12.1 Å². The molecule has 6 aromatic rings. The molecule has 0 aliphatic heterocycles. The molecule has 0 N–H and O–H groups in total. The van der Waals surface area contributed by atoms with E-state index in [-0.39, 0.29) is 11.2 Å². The number of aryl methyl sites for hydroxylation is 2. The van der Waals surface area contributed by atoms with Crippen molar-refractivity contribution in [1.82, 2.24) is 28.5 Å². The standard InChI is InChI=1S/C23H15N7O2S2/c31-30(32)21-18(11-10-16-20(21)28-34-27-16)33-23-24-22-19(25-26-23)15-8-4-5-9-17(15)29(22)13-12-14-6-2-1-3-7-14/h1-11H,12-13H2. The molecule has 3 aromatic heterocycles. The van der Waals surface area contributed by atoms with Crippen LogP contribution >= 0.6 is 23.5 Å². The highest BCUT2D eigenvalue weighted by atomic mass is 32.2. The lowest BCUT2D eigenvalue weighted by atomic mass is 10.1. The first-order chi connectivity index (χ1) is 16.7. The Morgan fingerprint density at radius 2 is 1.76 bits per heavy atom. The minimum atomic E-state index is -0.436. The van der Waals surface area contributed by atoms with Gasteiger partial charge in [0.15, 0.2) is 11.2 Å². The molecule has 0 aliphatic rings. The van der Waals surface area contributed by atoms with Crippen molar-refractivity contribution in [2.24, 2.45) is 0 Å². The lowest BCUT2D eigenvalue weighted by molar-refractivity contribution is -0.386. The Labute approximate surface area is 201 Å². The van der Waals surface area contributed by atoms with E-state index in [0.717, 1.165) is 40.8 Å². The van der Waals surface area contributed by atoms with Crippen LogP contribution in [0.5, 0.6) is 0 Å². The summed E-state index contributed by atoms with van der Waals surface area (Å²) < 4.78 is 10.3. The molecule has 0 amide bonds. The first-order valence-corrected chi connectivity index (χ1v) is 12.0. The van der Waals surface area contributed by atoms with Crippen molar-refractivity contribution in [3.63, 3.8) is 0 Å². The normalized spacial score (nSPS) is 11.5. The molecule has 0 saturated heterocycles. The van der Waals surface area contributed by atoms with Crippen molar-refractivity contribution in [2.45, 2.75) is 23.0 Å². The van der Waals surface area contributed by atoms with E-state index in [2.05, 4.69) is 35.6 Å². The van der Waals surface area contributed by atoms with E-state index in [0.29, 0.717) is 33.3 Å². The van der Waals surface area contributed by atoms with Crippen molar-refractivity contribution in [2.75, 3.05) is 0 Å². The van der Waals surface area contributed by atoms with Gasteiger partial charge in [0.2, 0.25) is 5.16 Å². The summed E-state index contributed by atoms with van der Waals surface area (Å²) >= 11 is 2.05. The number of hydrogen-bond acceptors (Lipinski definition) is 9. The van der Waals surface area contributed by atoms with E-state index in [1.165, 1.54) is 5.56 Å². The summed E-state index contributed by atoms with van der Waals surface area (Å²) in [5.74, 6) is 0. The average Bonchev–Trinajstić information content (AvgIpc) is 3.45. The Balaban J connectivity index is 1.44. The van der Waals surface area contributed by atoms with Crippen molar-refractivity contribution in [1.29, 1.82) is 0 Å². The maximum atomic E-state index is 11.8. The van der Waals surface area contributed by atoms with Crippen LogP contribution < -0.4 is 0 Å². The fourth-order valence-electron chi connectivity index (χ4n) is 4.02. The van der Waals surface area contributed by atoms with Crippen LogP contribution in [0.15, 0.2) is 76.8 Å². The third kappa shape index (κ3) is 3.55. The molecule has 0 saturated carbocycles. The highest BCUT2D eigenvalue weighted by Crippen LogP contribution is 2.38. The summed E-state index contributed by atoms with van der Waals surface area (Å²) in [4.78, 5) is 16.5. The average molecular weight is 486 g/mol. The number of fused-ring (bicyclic) bond motifs is 4. The Morgan fingerprint density at radius 1 is 0.941 bits per heavy atom. The van der Waals surface area contributed by atoms with Gasteiger partial charge < -0.3 is 4.57 Å². The molecule has 166 valence electrons. The SMILES string of the molecule is O=[N+]([O-])c1c(Sc2nnc3c4ccccc4n(CCc4ccccc4)c3n2)ccc2nsnc12. The molecule has 11 heteroatoms. The van der Waals surface area contributed by atoms with Gasteiger partial charge in [-0.2, -0.15) is 8.75 Å². The zero-order chi connectivity index (χ0) is 23.1. The number of hydrogen-bond donors (Lipinski definition) is 0. The highest BCUT2D eigenvalue weighted by Gasteiger charge is 2.24. The van der Waals surface area contributed by atoms with Crippen LogP contribution in [-0.2, 0) is 13.0 Å². The number of para-hydroxylation sites is 1. The smallest absolute Gasteiger partial charge is 0.312 e. The van der Waals surface area contributed by atoms with Gasteiger partial charge in [-0.05, 0) is 41.9 Å². The molecule has 0 radical (unpaired) electrons. The van der Waals surface area contributed by atoms with Gasteiger partial charge in [0, 0.05) is 11.9 Å². The molecule has 0 aliphatic carbocycles. The van der Waals surface area contributed by atoms with Gasteiger partial charge in [0.25, 0.3) is 0 Å². The Kier molecular flexibility index (Phi) is 5.12. The molecular formula is C23H15N7O2S2. The van der Waals surface area contributed by atoms with Gasteiger partial charge in [0.1, 0.15) is 11.0 Å². The minimum Gasteiger partial charge on any atom is -0.323 e. The maximum absolute atomic E-state index is 11.8. The largest absolute Gasteiger partial charge is 0.323 e. The van der Waals surface area contributed by atoms with Crippen LogP contribution in [0.1, 0.15) is 5.56 Å². The topological polar surface area (TPSA) is 113 Å². The molecular weight excluding hydrogens is 470 g/mol. The van der Waals surface area contributed by atoms with Gasteiger partial charge >= 0.3 is 5.69 Å². The molecule has 3 heterocycles. The van der Waals surface area contributed by atoms with Crippen LogP contribution in [0.3, 0.4) is 0 Å². The second-order valence-corrected chi connectivity index (χ2v) is 9.11. The number of aromatic nitrogens is 6. The van der Waals surface area contributed by atoms with E-state index < -0.39 is 4.92 Å². The molecule has 3 aromatic carbocycles. The first kappa shape index (κ1) is 20.6. The van der Waals surface area contributed by atoms with Crippen molar-refractivity contribution < 1.29 is 4.92 Å². The number of nitrogens with zero attached hydrogens (tertiary/aromatic N) is 7. The first-order valence-electron chi connectivity index (χ1n) is 10.4. The highest BCUT2D eigenvalue weighted by molar-refractivity contribution is 7.99. The van der Waals surface area contributed by atoms with Gasteiger partial charge in [-0.25, -0.2) is 4.98 Å². The molecule has 0 atom stereocenters. The van der Waals surface area contributed by atoms with Crippen molar-refractivity contribution >= 4 is 62.3 Å². The second kappa shape index (κ2) is 8.43. The molecule has 0 spiro atoms. The summed E-state index contributed by atoms with van der Waals surface area (Å²) in [5, 5.41) is 21.8. The molecule has 0 bridgehead atoms. The summed E-state index contributed by atoms with van der Waals surface area (Å²) in [6.45, 7) is 0.716. The Hall–Kier alpha value is -3.96. The monoisotopic (exact) mass is 485 g/mol. The quantitative estimate of drug-likeness (QED) is 0.231. The van der Waals surface area contributed by atoms with E-state index in [4.69, 9.17) is 4.98 Å². The number of nitro benzene ring substituents is 1. The predicted molar refractivity (Wildman–Crippen MR) is 131 cm³/mol. The lowest BCUT2D eigenvalue weighted by Gasteiger charge is -2.07. The zero-order valence-electron chi connectivity index (χ0n) is 17.5. The van der Waals surface area contributed by atoms with Gasteiger partial charge in [-0.15, -0.1) is 10.2 Å². The van der Waals surface area contributed by atoms with Crippen molar-refractivity contribution in [3.05, 3.63) is 82.4 Å². The Morgan fingerprint density at radius 3 is 2.62 bits per heavy atom. The minimum absolute atomic E-state index is 0.0930. The third-order valence-corrected chi connectivity index (χ3v) is 7.02. The number of nitro groups is 1. The number of benzene rings is 3. The molecule has 9 nitrogen and oxygen atoms in total. The van der Waals surface area contributed by atoms with Crippen LogP contribution in [0, 0.1) is 10.1 Å². The van der Waals surface area contributed by atoms with Crippen LogP contribution in [-0.4, -0.2) is 33.4 Å². The summed E-state index contributed by atoms with van der Waals surface area (Å²) in [7, 11) is 0. The fraction of sp³-hybridized carbons (Fsp3) is 0.0870. The lowest BCUT2D eigenvalue weighted by Crippen LogP contribution is -2.03. The fourth-order valence-corrected chi connectivity index (χ4v) is 5.37. The van der Waals surface area contributed by atoms with Gasteiger partial charge in [-0.1, -0.05) is 48.5 Å². The molecule has 0 fully saturated rings. The van der Waals surface area contributed by atoms with E-state index in [1.807, 2.05) is 42.5 Å². The van der Waals surface area contributed by atoms with E-state index >= 15 is 0 Å². The van der Waals surface area contributed by atoms with Gasteiger partial charge in [-0.3, -0.25) is 10.1 Å². The van der Waals surface area contributed by atoms with Crippen LogP contribution in [0.4, 0.5) is 5.69 Å². The van der Waals surface area contributed by atoms with Gasteiger partial charge in [0.05, 0.1) is 27.1 Å². The molecule has 0 unspecified atom stereocenters. The summed E-state index contributed by atoms with van der Waals surface area (Å²) in [6, 6.07) is 21.7.